The summed E-state index contributed by atoms with van der Waals surface area (Å²) in [7, 11) is 3.23. The van der Waals surface area contributed by atoms with Crippen molar-refractivity contribution in [2.24, 2.45) is 17.3 Å². The van der Waals surface area contributed by atoms with Crippen LogP contribution in [0, 0.1) is 17.3 Å². The van der Waals surface area contributed by atoms with Crippen molar-refractivity contribution < 1.29 is 14.3 Å². The number of hydrogen-bond donors (Lipinski definition) is 1. The van der Waals surface area contributed by atoms with Crippen LogP contribution in [0.3, 0.4) is 0 Å². The van der Waals surface area contributed by atoms with Gasteiger partial charge in [-0.3, -0.25) is 4.79 Å². The van der Waals surface area contributed by atoms with E-state index in [2.05, 4.69) is 31.3 Å². The van der Waals surface area contributed by atoms with Crippen molar-refractivity contribution in [2.75, 3.05) is 19.5 Å². The van der Waals surface area contributed by atoms with Gasteiger partial charge in [-0.05, 0) is 78.4 Å². The lowest BCUT2D eigenvalue weighted by Crippen LogP contribution is -2.60. The summed E-state index contributed by atoms with van der Waals surface area (Å²) in [6.07, 6.45) is 7.88. The zero-order valence-corrected chi connectivity index (χ0v) is 18.2. The molecule has 2 aromatic rings. The second kappa shape index (κ2) is 6.72. The lowest BCUT2D eigenvalue weighted by Gasteiger charge is -2.60. The Balaban J connectivity index is 1.47. The second-order valence-electron chi connectivity index (χ2n) is 8.94. The number of halogens is 1. The molecule has 8 heteroatoms. The minimum atomic E-state index is -0.378. The van der Waals surface area contributed by atoms with Crippen molar-refractivity contribution in [3.8, 4) is 11.5 Å². The summed E-state index contributed by atoms with van der Waals surface area (Å²) in [5.41, 5.74) is 0.167. The number of ether oxygens (including phenoxy) is 2. The molecule has 7 nitrogen and oxygen atoms in total. The van der Waals surface area contributed by atoms with Crippen LogP contribution in [0.25, 0.3) is 0 Å². The van der Waals surface area contributed by atoms with Gasteiger partial charge in [-0.15, -0.1) is 5.10 Å². The van der Waals surface area contributed by atoms with Gasteiger partial charge in [0, 0.05) is 6.07 Å². The van der Waals surface area contributed by atoms with E-state index in [0.29, 0.717) is 33.8 Å². The first-order chi connectivity index (χ1) is 13.9. The summed E-state index contributed by atoms with van der Waals surface area (Å²) < 4.78 is 13.4. The Kier molecular flexibility index (Phi) is 4.38. The number of nitrogens with zero attached hydrogens (tertiary/aromatic N) is 3. The third-order valence-electron chi connectivity index (χ3n) is 7.12. The maximum atomic E-state index is 13.7. The first-order valence-corrected chi connectivity index (χ1v) is 10.9. The molecular formula is C21H25BrN4O3. The third kappa shape index (κ3) is 3.03. The summed E-state index contributed by atoms with van der Waals surface area (Å²) in [5, 5.41) is 7.75. The predicted molar refractivity (Wildman–Crippen MR) is 111 cm³/mol. The first kappa shape index (κ1) is 18.9. The zero-order valence-electron chi connectivity index (χ0n) is 16.7. The van der Waals surface area contributed by atoms with Crippen molar-refractivity contribution >= 4 is 27.5 Å². The third-order valence-corrected chi connectivity index (χ3v) is 7.48. The van der Waals surface area contributed by atoms with Gasteiger partial charge in [0.15, 0.2) is 0 Å². The fourth-order valence-electron chi connectivity index (χ4n) is 6.39. The summed E-state index contributed by atoms with van der Waals surface area (Å²) in [5.74, 6) is 2.52. The molecule has 29 heavy (non-hydrogen) atoms. The highest BCUT2D eigenvalue weighted by Crippen LogP contribution is 2.64. The molecule has 6 rings (SSSR count). The van der Waals surface area contributed by atoms with Gasteiger partial charge in [-0.1, -0.05) is 0 Å². The number of hydrogen-bond acceptors (Lipinski definition) is 5. The average molecular weight is 461 g/mol. The summed E-state index contributed by atoms with van der Waals surface area (Å²) in [6.45, 7) is 0. The van der Waals surface area contributed by atoms with Crippen LogP contribution in [-0.2, 0) is 10.3 Å². The number of carbonyl (C=O) groups is 1. The van der Waals surface area contributed by atoms with E-state index in [9.17, 15) is 4.79 Å². The Morgan fingerprint density at radius 3 is 2.59 bits per heavy atom. The number of rotatable bonds is 5. The number of aromatic nitrogens is 3. The Labute approximate surface area is 178 Å². The molecule has 0 radical (unpaired) electrons. The Morgan fingerprint density at radius 1 is 1.21 bits per heavy atom. The van der Waals surface area contributed by atoms with E-state index in [1.165, 1.54) is 6.42 Å². The summed E-state index contributed by atoms with van der Waals surface area (Å²) in [4.78, 5) is 17.9. The molecule has 0 spiro atoms. The molecule has 4 aliphatic carbocycles. The van der Waals surface area contributed by atoms with Crippen LogP contribution in [0.15, 0.2) is 29.3 Å². The van der Waals surface area contributed by atoms with Crippen molar-refractivity contribution in [1.29, 1.82) is 0 Å². The van der Waals surface area contributed by atoms with Crippen molar-refractivity contribution in [3.05, 3.63) is 29.3 Å². The standard InChI is InChI=1S/C21H25BrN4O3/c1-28-15-3-4-17(29-2)16(6-15)24-18(27)20-7-13-5-14(8-20)10-21(9-13,11-20)26-12-23-19(22)25-26/h3-4,6,12-14H,5,7-11H2,1-2H3,(H,24,27)/t13-,14-,20?,21?/m1/s1. The van der Waals surface area contributed by atoms with Gasteiger partial charge in [0.2, 0.25) is 10.6 Å². The molecule has 1 N–H and O–H groups in total. The van der Waals surface area contributed by atoms with Gasteiger partial charge in [0.05, 0.1) is 30.9 Å². The first-order valence-electron chi connectivity index (χ1n) is 10.1. The molecule has 4 bridgehead atoms. The quantitative estimate of drug-likeness (QED) is 0.729. The molecule has 2 atom stereocenters. The van der Waals surface area contributed by atoms with Crippen molar-refractivity contribution in [3.63, 3.8) is 0 Å². The number of benzene rings is 1. The van der Waals surface area contributed by atoms with Gasteiger partial charge in [-0.25, -0.2) is 9.67 Å². The predicted octanol–water partition coefficient (Wildman–Crippen LogP) is 3.99. The molecule has 0 unspecified atom stereocenters. The maximum Gasteiger partial charge on any atom is 0.230 e. The number of methoxy groups -OCH3 is 2. The van der Waals surface area contributed by atoms with E-state index < -0.39 is 0 Å². The minimum Gasteiger partial charge on any atom is -0.497 e. The normalized spacial score (nSPS) is 32.2. The summed E-state index contributed by atoms with van der Waals surface area (Å²) >= 11 is 3.38. The second-order valence-corrected chi connectivity index (χ2v) is 9.65. The highest BCUT2D eigenvalue weighted by Gasteiger charge is 2.61. The van der Waals surface area contributed by atoms with E-state index in [1.807, 2.05) is 29.2 Å². The molecule has 4 aliphatic rings. The van der Waals surface area contributed by atoms with E-state index in [-0.39, 0.29) is 16.9 Å². The largest absolute Gasteiger partial charge is 0.497 e. The fraction of sp³-hybridized carbons (Fsp3) is 0.571. The van der Waals surface area contributed by atoms with Crippen LogP contribution in [0.4, 0.5) is 5.69 Å². The van der Waals surface area contributed by atoms with Gasteiger partial charge < -0.3 is 14.8 Å². The van der Waals surface area contributed by atoms with E-state index >= 15 is 0 Å². The molecule has 1 aromatic carbocycles. The molecule has 1 amide bonds. The van der Waals surface area contributed by atoms with E-state index in [4.69, 9.17) is 9.47 Å². The molecule has 1 heterocycles. The summed E-state index contributed by atoms with van der Waals surface area (Å²) in [6, 6.07) is 5.47. The van der Waals surface area contributed by atoms with Crippen molar-refractivity contribution in [2.45, 2.75) is 44.1 Å². The van der Waals surface area contributed by atoms with Gasteiger partial charge in [0.1, 0.15) is 17.8 Å². The number of carbonyl (C=O) groups excluding carboxylic acids is 1. The molecule has 0 saturated heterocycles. The van der Waals surface area contributed by atoms with Gasteiger partial charge in [-0.2, -0.15) is 0 Å². The SMILES string of the molecule is COc1ccc(OC)c(NC(=O)C23C[C@H]4C[C@H](C2)CC(n2cnc(Br)n2)(C4)C3)c1. The van der Waals surface area contributed by atoms with Gasteiger partial charge >= 0.3 is 0 Å². The van der Waals surface area contributed by atoms with E-state index in [1.54, 1.807) is 14.2 Å². The lowest BCUT2D eigenvalue weighted by atomic mass is 9.46. The zero-order chi connectivity index (χ0) is 20.2. The highest BCUT2D eigenvalue weighted by molar-refractivity contribution is 9.10. The number of nitrogens with one attached hydrogen (secondary N) is 1. The van der Waals surface area contributed by atoms with E-state index in [0.717, 1.165) is 32.1 Å². The topological polar surface area (TPSA) is 78.3 Å². The Hall–Kier alpha value is -2.09. The van der Waals surface area contributed by atoms with Crippen molar-refractivity contribution in [1.82, 2.24) is 14.8 Å². The Bertz CT molecular complexity index is 945. The van der Waals surface area contributed by atoms with Gasteiger partial charge in [0.25, 0.3) is 0 Å². The smallest absolute Gasteiger partial charge is 0.230 e. The monoisotopic (exact) mass is 460 g/mol. The van der Waals surface area contributed by atoms with Crippen LogP contribution >= 0.6 is 15.9 Å². The number of anilines is 1. The van der Waals surface area contributed by atoms with Crippen LogP contribution in [0.1, 0.15) is 38.5 Å². The molecule has 4 saturated carbocycles. The maximum absolute atomic E-state index is 13.7. The molecule has 0 aliphatic heterocycles. The van der Waals surface area contributed by atoms with Crippen LogP contribution in [0.5, 0.6) is 11.5 Å². The fourth-order valence-corrected chi connectivity index (χ4v) is 6.65. The highest BCUT2D eigenvalue weighted by atomic mass is 79.9. The molecular weight excluding hydrogens is 436 g/mol. The number of amides is 1. The lowest BCUT2D eigenvalue weighted by molar-refractivity contribution is -0.150. The molecule has 4 fully saturated rings. The molecule has 154 valence electrons. The van der Waals surface area contributed by atoms with Crippen LogP contribution in [-0.4, -0.2) is 34.9 Å². The minimum absolute atomic E-state index is 0.0849. The molecule has 1 aromatic heterocycles. The van der Waals surface area contributed by atoms with Crippen LogP contribution in [0.2, 0.25) is 0 Å². The Morgan fingerprint density at radius 2 is 1.97 bits per heavy atom. The average Bonchev–Trinajstić information content (AvgIpc) is 3.14. The van der Waals surface area contributed by atoms with Crippen LogP contribution < -0.4 is 14.8 Å².